The second kappa shape index (κ2) is 8.70. The van der Waals surface area contributed by atoms with Gasteiger partial charge in [-0.1, -0.05) is 53.7 Å². The lowest BCUT2D eigenvalue weighted by Crippen LogP contribution is -2.24. The molecular formula is C22H34O4. The fourth-order valence-corrected chi connectivity index (χ4v) is 3.14. The number of hydrogen-bond acceptors (Lipinski definition) is 4. The van der Waals surface area contributed by atoms with Crippen LogP contribution in [-0.2, 0) is 9.47 Å². The summed E-state index contributed by atoms with van der Waals surface area (Å²) < 4.78 is 11.1. The molecule has 0 aliphatic heterocycles. The molecule has 0 aliphatic carbocycles. The highest BCUT2D eigenvalue weighted by molar-refractivity contribution is 6.03. The molecular weight excluding hydrogens is 328 g/mol. The van der Waals surface area contributed by atoms with Crippen LogP contribution >= 0.6 is 0 Å². The molecule has 0 N–H and O–H groups in total. The molecule has 2 atom stereocenters. The van der Waals surface area contributed by atoms with Crippen molar-refractivity contribution in [2.24, 2.45) is 10.8 Å². The van der Waals surface area contributed by atoms with E-state index in [-0.39, 0.29) is 34.2 Å². The smallest absolute Gasteiger partial charge is 0.339 e. The van der Waals surface area contributed by atoms with Gasteiger partial charge < -0.3 is 9.47 Å². The Morgan fingerprint density at radius 3 is 1.35 bits per heavy atom. The summed E-state index contributed by atoms with van der Waals surface area (Å²) in [4.78, 5) is 25.1. The van der Waals surface area contributed by atoms with E-state index < -0.39 is 11.9 Å². The molecule has 0 fully saturated rings. The van der Waals surface area contributed by atoms with Crippen LogP contribution in [-0.4, -0.2) is 24.1 Å². The largest absolute Gasteiger partial charge is 0.459 e. The van der Waals surface area contributed by atoms with Crippen molar-refractivity contribution in [1.82, 2.24) is 0 Å². The van der Waals surface area contributed by atoms with E-state index in [0.717, 1.165) is 12.8 Å². The van der Waals surface area contributed by atoms with Crippen LogP contribution in [0.25, 0.3) is 0 Å². The van der Waals surface area contributed by atoms with Crippen LogP contribution in [0.4, 0.5) is 0 Å². The van der Waals surface area contributed by atoms with Gasteiger partial charge in [-0.2, -0.15) is 0 Å². The number of ether oxygens (including phenoxy) is 2. The number of carbonyl (C=O) groups excluding carboxylic acids is 2. The third-order valence-corrected chi connectivity index (χ3v) is 3.78. The minimum absolute atomic E-state index is 0.0561. The minimum Gasteiger partial charge on any atom is -0.459 e. The van der Waals surface area contributed by atoms with E-state index in [1.54, 1.807) is 24.3 Å². The Bertz CT molecular complexity index is 565. The minimum atomic E-state index is -0.488. The number of benzene rings is 1. The third-order valence-electron chi connectivity index (χ3n) is 3.78. The van der Waals surface area contributed by atoms with Crippen LogP contribution in [0, 0.1) is 10.8 Å². The second-order valence-electron chi connectivity index (χ2n) is 9.51. The molecule has 0 aromatic heterocycles. The van der Waals surface area contributed by atoms with Crippen LogP contribution < -0.4 is 0 Å². The Morgan fingerprint density at radius 2 is 1.08 bits per heavy atom. The van der Waals surface area contributed by atoms with Crippen LogP contribution in [0.2, 0.25) is 0 Å². The lowest BCUT2D eigenvalue weighted by Gasteiger charge is -2.24. The SMILES string of the molecule is CC(CC(C)(C)C)OC(=O)c1ccccc1C(=O)OC(C)CC(C)(C)C. The van der Waals surface area contributed by atoms with Gasteiger partial charge in [0.1, 0.15) is 0 Å². The Morgan fingerprint density at radius 1 is 0.769 bits per heavy atom. The van der Waals surface area contributed by atoms with Crippen LogP contribution in [0.3, 0.4) is 0 Å². The molecule has 146 valence electrons. The quantitative estimate of drug-likeness (QED) is 0.614. The highest BCUT2D eigenvalue weighted by atomic mass is 16.5. The van der Waals surface area contributed by atoms with E-state index >= 15 is 0 Å². The Kier molecular flexibility index (Phi) is 7.43. The maximum Gasteiger partial charge on any atom is 0.339 e. The first-order chi connectivity index (χ1) is 11.8. The van der Waals surface area contributed by atoms with E-state index in [2.05, 4.69) is 41.5 Å². The lowest BCUT2D eigenvalue weighted by molar-refractivity contribution is 0.0204. The normalized spacial score (nSPS) is 14.5. The van der Waals surface area contributed by atoms with Gasteiger partial charge in [-0.05, 0) is 49.7 Å². The standard InChI is InChI=1S/C22H34O4/c1-15(13-21(3,4)5)25-19(23)17-11-9-10-12-18(17)20(24)26-16(2)14-22(6,7)8/h9-12,15-16H,13-14H2,1-8H3. The average molecular weight is 363 g/mol. The summed E-state index contributed by atoms with van der Waals surface area (Å²) in [7, 11) is 0. The summed E-state index contributed by atoms with van der Waals surface area (Å²) >= 11 is 0. The molecule has 0 spiro atoms. The first kappa shape index (κ1) is 22.2. The number of esters is 2. The maximum absolute atomic E-state index is 12.6. The number of carbonyl (C=O) groups is 2. The Labute approximate surface area is 158 Å². The summed E-state index contributed by atoms with van der Waals surface area (Å²) in [6.45, 7) is 16.3. The highest BCUT2D eigenvalue weighted by Crippen LogP contribution is 2.25. The van der Waals surface area contributed by atoms with Crippen molar-refractivity contribution in [3.63, 3.8) is 0 Å². The van der Waals surface area contributed by atoms with E-state index in [1.165, 1.54) is 0 Å². The van der Waals surface area contributed by atoms with Crippen molar-refractivity contribution in [2.75, 3.05) is 0 Å². The van der Waals surface area contributed by atoms with Crippen LogP contribution in [0.5, 0.6) is 0 Å². The Hall–Kier alpha value is -1.84. The first-order valence-electron chi connectivity index (χ1n) is 9.29. The van der Waals surface area contributed by atoms with Gasteiger partial charge in [0.2, 0.25) is 0 Å². The van der Waals surface area contributed by atoms with Crippen molar-refractivity contribution in [3.05, 3.63) is 35.4 Å². The molecule has 26 heavy (non-hydrogen) atoms. The molecule has 0 radical (unpaired) electrons. The average Bonchev–Trinajstić information content (AvgIpc) is 2.42. The van der Waals surface area contributed by atoms with Gasteiger partial charge in [-0.25, -0.2) is 9.59 Å². The predicted molar refractivity (Wildman–Crippen MR) is 104 cm³/mol. The summed E-state index contributed by atoms with van der Waals surface area (Å²) in [5.74, 6) is -0.976. The van der Waals surface area contributed by atoms with Gasteiger partial charge in [0.15, 0.2) is 0 Å². The van der Waals surface area contributed by atoms with E-state index in [0.29, 0.717) is 0 Å². The second-order valence-corrected chi connectivity index (χ2v) is 9.51. The van der Waals surface area contributed by atoms with Gasteiger partial charge in [-0.3, -0.25) is 0 Å². The molecule has 1 aromatic rings. The maximum atomic E-state index is 12.6. The van der Waals surface area contributed by atoms with Gasteiger partial charge in [-0.15, -0.1) is 0 Å². The van der Waals surface area contributed by atoms with Crippen LogP contribution in [0.1, 0.15) is 88.9 Å². The van der Waals surface area contributed by atoms with E-state index in [9.17, 15) is 9.59 Å². The summed E-state index contributed by atoms with van der Waals surface area (Å²) in [6, 6.07) is 6.66. The van der Waals surface area contributed by atoms with Crippen molar-refractivity contribution >= 4 is 11.9 Å². The molecule has 4 heteroatoms. The zero-order valence-electron chi connectivity index (χ0n) is 17.5. The van der Waals surface area contributed by atoms with Gasteiger partial charge in [0.05, 0.1) is 23.3 Å². The van der Waals surface area contributed by atoms with Crippen molar-refractivity contribution in [2.45, 2.75) is 80.4 Å². The number of rotatable bonds is 6. The molecule has 0 bridgehead atoms. The fourth-order valence-electron chi connectivity index (χ4n) is 3.14. The fraction of sp³-hybridized carbons (Fsp3) is 0.636. The van der Waals surface area contributed by atoms with E-state index in [4.69, 9.17) is 9.47 Å². The molecule has 1 aromatic carbocycles. The van der Waals surface area contributed by atoms with Gasteiger partial charge in [0, 0.05) is 0 Å². The molecule has 0 amide bonds. The molecule has 0 saturated heterocycles. The zero-order valence-corrected chi connectivity index (χ0v) is 17.5. The highest BCUT2D eigenvalue weighted by Gasteiger charge is 2.25. The van der Waals surface area contributed by atoms with Gasteiger partial charge in [0.25, 0.3) is 0 Å². The number of hydrogen-bond donors (Lipinski definition) is 0. The van der Waals surface area contributed by atoms with Crippen molar-refractivity contribution in [1.29, 1.82) is 0 Å². The summed E-state index contributed by atoms with van der Waals surface area (Å²) in [5.41, 5.74) is 0.614. The third kappa shape index (κ3) is 8.03. The molecule has 0 heterocycles. The molecule has 1 rings (SSSR count). The monoisotopic (exact) mass is 362 g/mol. The molecule has 4 nitrogen and oxygen atoms in total. The summed E-state index contributed by atoms with van der Waals surface area (Å²) in [5, 5.41) is 0. The predicted octanol–water partition coefficient (Wildman–Crippen LogP) is 5.65. The van der Waals surface area contributed by atoms with Gasteiger partial charge >= 0.3 is 11.9 Å². The zero-order chi connectivity index (χ0) is 20.1. The van der Waals surface area contributed by atoms with Crippen molar-refractivity contribution < 1.29 is 19.1 Å². The first-order valence-corrected chi connectivity index (χ1v) is 9.29. The van der Waals surface area contributed by atoms with E-state index in [1.807, 2.05) is 13.8 Å². The lowest BCUT2D eigenvalue weighted by atomic mass is 9.89. The molecule has 2 unspecified atom stereocenters. The molecule has 0 aliphatic rings. The Balaban J connectivity index is 2.86. The van der Waals surface area contributed by atoms with Crippen molar-refractivity contribution in [3.8, 4) is 0 Å². The van der Waals surface area contributed by atoms with Crippen LogP contribution in [0.15, 0.2) is 24.3 Å². The summed E-state index contributed by atoms with van der Waals surface area (Å²) in [6.07, 6.45) is 1.03. The topological polar surface area (TPSA) is 52.6 Å². The molecule has 0 saturated carbocycles.